The maximum absolute atomic E-state index is 13.3. The number of ether oxygens (including phenoxy) is 1. The molecule has 0 aromatic heterocycles. The Bertz CT molecular complexity index is 1030. The van der Waals surface area contributed by atoms with Gasteiger partial charge in [0.1, 0.15) is 18.2 Å². The number of nitrogens with zero attached hydrogens (tertiary/aromatic N) is 1. The first-order valence-electron chi connectivity index (χ1n) is 11.3. The maximum atomic E-state index is 13.3. The third-order valence-corrected chi connectivity index (χ3v) is 6.43. The lowest BCUT2D eigenvalue weighted by Crippen LogP contribution is -2.42. The van der Waals surface area contributed by atoms with Gasteiger partial charge in [0, 0.05) is 18.3 Å². The van der Waals surface area contributed by atoms with Crippen molar-refractivity contribution in [1.29, 1.82) is 0 Å². The van der Waals surface area contributed by atoms with Crippen molar-refractivity contribution < 1.29 is 18.7 Å². The fourth-order valence-corrected chi connectivity index (χ4v) is 4.13. The molecular weight excluding hydrogens is 407 g/mol. The third kappa shape index (κ3) is 4.23. The fourth-order valence-electron chi connectivity index (χ4n) is 4.13. The number of benzene rings is 2. The van der Waals surface area contributed by atoms with E-state index >= 15 is 0 Å². The van der Waals surface area contributed by atoms with Crippen LogP contribution in [0.1, 0.15) is 52.5 Å². The smallest absolute Gasteiger partial charge is 0.236 e. The molecule has 4 rings (SSSR count). The fraction of sp³-hybridized carbons (Fsp3) is 0.462. The Morgan fingerprint density at radius 3 is 2.47 bits per heavy atom. The van der Waals surface area contributed by atoms with Crippen LogP contribution in [0.2, 0.25) is 0 Å². The molecule has 5 nitrogen and oxygen atoms in total. The van der Waals surface area contributed by atoms with Gasteiger partial charge < -0.3 is 15.0 Å². The minimum Gasteiger partial charge on any atom is -0.490 e. The molecule has 2 amide bonds. The number of carbonyl (C=O) groups is 2. The number of nitrogens with one attached hydrogen (secondary N) is 1. The van der Waals surface area contributed by atoms with Crippen LogP contribution in [0.3, 0.4) is 0 Å². The summed E-state index contributed by atoms with van der Waals surface area (Å²) in [6.45, 7) is 8.96. The highest BCUT2D eigenvalue weighted by molar-refractivity contribution is 6.03. The zero-order valence-corrected chi connectivity index (χ0v) is 19.2. The molecule has 1 fully saturated rings. The molecule has 0 bridgehead atoms. The molecule has 1 saturated carbocycles. The molecule has 2 aromatic rings. The molecule has 6 heteroatoms. The molecule has 170 valence electrons. The van der Waals surface area contributed by atoms with Gasteiger partial charge in [-0.3, -0.25) is 9.59 Å². The Morgan fingerprint density at radius 2 is 1.84 bits per heavy atom. The minimum absolute atomic E-state index is 0.0435. The van der Waals surface area contributed by atoms with E-state index in [1.807, 2.05) is 30.9 Å². The number of fused-ring (bicyclic) bond motifs is 1. The van der Waals surface area contributed by atoms with Crippen molar-refractivity contribution in [2.75, 3.05) is 23.4 Å². The Hall–Kier alpha value is -2.89. The van der Waals surface area contributed by atoms with Crippen LogP contribution in [0, 0.1) is 17.2 Å². The topological polar surface area (TPSA) is 58.6 Å². The monoisotopic (exact) mass is 438 g/mol. The number of carbonyl (C=O) groups excluding carboxylic acids is 2. The summed E-state index contributed by atoms with van der Waals surface area (Å²) in [5.41, 5.74) is 0.939. The molecule has 1 aliphatic carbocycles. The second kappa shape index (κ2) is 8.23. The van der Waals surface area contributed by atoms with Crippen LogP contribution in [-0.4, -0.2) is 25.0 Å². The molecule has 0 saturated heterocycles. The van der Waals surface area contributed by atoms with E-state index < -0.39 is 10.8 Å². The summed E-state index contributed by atoms with van der Waals surface area (Å²) < 4.78 is 19.3. The number of rotatable bonds is 6. The van der Waals surface area contributed by atoms with Crippen LogP contribution < -0.4 is 15.0 Å². The summed E-state index contributed by atoms with van der Waals surface area (Å²) >= 11 is 0. The third-order valence-electron chi connectivity index (χ3n) is 6.43. The average Bonchev–Trinajstić information content (AvgIpc) is 3.56. The van der Waals surface area contributed by atoms with Gasteiger partial charge >= 0.3 is 0 Å². The van der Waals surface area contributed by atoms with Gasteiger partial charge in [0.05, 0.1) is 16.5 Å². The van der Waals surface area contributed by atoms with Gasteiger partial charge in [0.15, 0.2) is 0 Å². The van der Waals surface area contributed by atoms with E-state index in [9.17, 15) is 14.0 Å². The molecule has 1 aliphatic heterocycles. The normalized spacial score (nSPS) is 18.6. The summed E-state index contributed by atoms with van der Waals surface area (Å²) in [5, 5.41) is 3.01. The molecule has 1 N–H and O–H groups in total. The van der Waals surface area contributed by atoms with E-state index in [1.165, 1.54) is 12.1 Å². The molecular formula is C26H31FN2O3. The van der Waals surface area contributed by atoms with Crippen LogP contribution in [-0.2, 0) is 15.0 Å². The van der Waals surface area contributed by atoms with Crippen molar-refractivity contribution in [3.05, 3.63) is 53.8 Å². The molecule has 32 heavy (non-hydrogen) atoms. The minimum atomic E-state index is -0.639. The van der Waals surface area contributed by atoms with Crippen molar-refractivity contribution in [3.8, 4) is 5.75 Å². The van der Waals surface area contributed by atoms with Gasteiger partial charge in [-0.15, -0.1) is 0 Å². The largest absolute Gasteiger partial charge is 0.490 e. The van der Waals surface area contributed by atoms with Gasteiger partial charge in [-0.05, 0) is 68.9 Å². The first-order chi connectivity index (χ1) is 15.1. The standard InChI is InChI=1S/C26H31FN2O3/c1-17(2)11-14-29-21-10-9-20(15-22(21)32-16-25(3,4)24(29)31)28-23(30)26(12-13-26)18-5-7-19(27)8-6-18/h5-10,15,17H,11-14,16H2,1-4H3,(H,28,30). The van der Waals surface area contributed by atoms with Crippen molar-refractivity contribution in [3.63, 3.8) is 0 Å². The lowest BCUT2D eigenvalue weighted by molar-refractivity contribution is -0.127. The van der Waals surface area contributed by atoms with Gasteiger partial charge in [-0.25, -0.2) is 4.39 Å². The van der Waals surface area contributed by atoms with Gasteiger partial charge in [0.2, 0.25) is 11.8 Å². The Balaban J connectivity index is 1.58. The maximum Gasteiger partial charge on any atom is 0.236 e. The van der Waals surface area contributed by atoms with Crippen LogP contribution in [0.4, 0.5) is 15.8 Å². The van der Waals surface area contributed by atoms with Crippen molar-refractivity contribution in [2.45, 2.75) is 52.4 Å². The van der Waals surface area contributed by atoms with Gasteiger partial charge in [-0.2, -0.15) is 0 Å². The van der Waals surface area contributed by atoms with Gasteiger partial charge in [-0.1, -0.05) is 26.0 Å². The molecule has 0 spiro atoms. The molecule has 2 aliphatic rings. The van der Waals surface area contributed by atoms with Crippen LogP contribution >= 0.6 is 0 Å². The summed E-state index contributed by atoms with van der Waals surface area (Å²) in [5.74, 6) is 0.690. The zero-order valence-electron chi connectivity index (χ0n) is 19.2. The number of hydrogen-bond acceptors (Lipinski definition) is 3. The summed E-state index contributed by atoms with van der Waals surface area (Å²) in [6.07, 6.45) is 2.36. The van der Waals surface area contributed by atoms with E-state index in [-0.39, 0.29) is 24.2 Å². The quantitative estimate of drug-likeness (QED) is 0.666. The predicted molar refractivity (Wildman–Crippen MR) is 123 cm³/mol. The molecule has 1 heterocycles. The summed E-state index contributed by atoms with van der Waals surface area (Å²) in [6, 6.07) is 11.6. The number of hydrogen-bond donors (Lipinski definition) is 1. The van der Waals surface area contributed by atoms with Gasteiger partial charge in [0.25, 0.3) is 0 Å². The Morgan fingerprint density at radius 1 is 1.16 bits per heavy atom. The summed E-state index contributed by atoms with van der Waals surface area (Å²) in [4.78, 5) is 28.1. The molecule has 0 radical (unpaired) electrons. The van der Waals surface area contributed by atoms with Crippen molar-refractivity contribution in [2.24, 2.45) is 11.3 Å². The lowest BCUT2D eigenvalue weighted by Gasteiger charge is -2.28. The van der Waals surface area contributed by atoms with Crippen LogP contribution in [0.5, 0.6) is 5.75 Å². The first-order valence-corrected chi connectivity index (χ1v) is 11.3. The number of amides is 2. The van der Waals surface area contributed by atoms with Crippen LogP contribution in [0.25, 0.3) is 0 Å². The lowest BCUT2D eigenvalue weighted by atomic mass is 9.92. The number of anilines is 2. The molecule has 0 unspecified atom stereocenters. The second-order valence-corrected chi connectivity index (χ2v) is 10.0. The zero-order chi connectivity index (χ0) is 23.1. The second-order valence-electron chi connectivity index (χ2n) is 10.0. The van der Waals surface area contributed by atoms with E-state index in [2.05, 4.69) is 19.2 Å². The van der Waals surface area contributed by atoms with Crippen LogP contribution in [0.15, 0.2) is 42.5 Å². The molecule has 2 aromatic carbocycles. The highest BCUT2D eigenvalue weighted by atomic mass is 19.1. The Labute approximate surface area is 188 Å². The number of halogens is 1. The highest BCUT2D eigenvalue weighted by Gasteiger charge is 2.51. The average molecular weight is 439 g/mol. The Kier molecular flexibility index (Phi) is 5.74. The SMILES string of the molecule is CC(C)CCN1C(=O)C(C)(C)COc2cc(NC(=O)C3(c4ccc(F)cc4)CC3)ccc21. The molecule has 0 atom stereocenters. The van der Waals surface area contributed by atoms with E-state index in [0.717, 1.165) is 30.5 Å². The van der Waals surface area contributed by atoms with Crippen molar-refractivity contribution >= 4 is 23.2 Å². The van der Waals surface area contributed by atoms with E-state index in [1.54, 1.807) is 18.2 Å². The predicted octanol–water partition coefficient (Wildman–Crippen LogP) is 5.29. The van der Waals surface area contributed by atoms with E-state index in [4.69, 9.17) is 4.74 Å². The highest BCUT2D eigenvalue weighted by Crippen LogP contribution is 2.49. The van der Waals surface area contributed by atoms with Crippen molar-refractivity contribution in [1.82, 2.24) is 0 Å². The summed E-state index contributed by atoms with van der Waals surface area (Å²) in [7, 11) is 0. The first kappa shape index (κ1) is 22.3. The van der Waals surface area contributed by atoms with E-state index in [0.29, 0.717) is 23.9 Å².